The zero-order valence-corrected chi connectivity index (χ0v) is 17.7. The van der Waals surface area contributed by atoms with Gasteiger partial charge in [-0.05, 0) is 46.5 Å². The SMILES string of the molecule is c1ccc2c(c1)-c1ccccc1-2.c1ccc2scnc2c1.c1ccc2scnc2c1. The Kier molecular flexibility index (Phi) is 5.34. The van der Waals surface area contributed by atoms with Crippen LogP contribution in [0.15, 0.2) is 108 Å². The molecule has 0 atom stereocenters. The minimum atomic E-state index is 1.10. The fraction of sp³-hybridized carbons (Fsp3) is 0. The number of nitrogens with zero attached hydrogens (tertiary/aromatic N) is 2. The molecular weight excluding hydrogens is 404 g/mol. The van der Waals surface area contributed by atoms with Crippen LogP contribution in [-0.4, -0.2) is 9.97 Å². The second-order valence-electron chi connectivity index (χ2n) is 6.73. The second kappa shape index (κ2) is 8.57. The summed E-state index contributed by atoms with van der Waals surface area (Å²) in [7, 11) is 0. The van der Waals surface area contributed by atoms with Crippen LogP contribution in [0.2, 0.25) is 0 Å². The van der Waals surface area contributed by atoms with E-state index in [-0.39, 0.29) is 0 Å². The van der Waals surface area contributed by atoms with Crippen LogP contribution in [-0.2, 0) is 0 Å². The topological polar surface area (TPSA) is 25.8 Å². The number of hydrogen-bond donors (Lipinski definition) is 0. The van der Waals surface area contributed by atoms with E-state index in [0.717, 1.165) is 11.0 Å². The molecule has 2 heterocycles. The second-order valence-corrected chi connectivity index (χ2v) is 8.50. The van der Waals surface area contributed by atoms with Gasteiger partial charge in [0.2, 0.25) is 0 Å². The maximum absolute atomic E-state index is 4.14. The molecule has 30 heavy (non-hydrogen) atoms. The van der Waals surface area contributed by atoms with Crippen LogP contribution < -0.4 is 0 Å². The summed E-state index contributed by atoms with van der Waals surface area (Å²) in [6.45, 7) is 0. The first-order chi connectivity index (χ1) is 14.9. The van der Waals surface area contributed by atoms with Crippen molar-refractivity contribution < 1.29 is 0 Å². The van der Waals surface area contributed by atoms with Gasteiger partial charge in [0.1, 0.15) is 0 Å². The normalized spacial score (nSPS) is 10.7. The first kappa shape index (κ1) is 18.7. The number of para-hydroxylation sites is 2. The van der Waals surface area contributed by atoms with Crippen LogP contribution in [0, 0.1) is 0 Å². The van der Waals surface area contributed by atoms with E-state index in [9.17, 15) is 0 Å². The smallest absolute Gasteiger partial charge is 0.0812 e. The quantitative estimate of drug-likeness (QED) is 0.248. The van der Waals surface area contributed by atoms with Crippen LogP contribution in [0.1, 0.15) is 0 Å². The summed E-state index contributed by atoms with van der Waals surface area (Å²) >= 11 is 3.35. The van der Waals surface area contributed by atoms with Crippen molar-refractivity contribution in [2.24, 2.45) is 0 Å². The van der Waals surface area contributed by atoms with Crippen molar-refractivity contribution in [2.75, 3.05) is 0 Å². The summed E-state index contributed by atoms with van der Waals surface area (Å²) in [6.07, 6.45) is 0. The number of hydrogen-bond acceptors (Lipinski definition) is 4. The summed E-state index contributed by atoms with van der Waals surface area (Å²) < 4.78 is 2.52. The highest BCUT2D eigenvalue weighted by Gasteiger charge is 2.19. The molecule has 7 rings (SSSR count). The highest BCUT2D eigenvalue weighted by Crippen LogP contribution is 2.46. The van der Waals surface area contributed by atoms with Crippen molar-refractivity contribution in [1.82, 2.24) is 9.97 Å². The molecule has 0 aliphatic heterocycles. The standard InChI is InChI=1S/C12H8.2C7H5NS/c1-2-6-10-9(5-1)11-7-3-4-8-12(10)11;2*1-2-4-7-6(3-1)8-5-9-7/h1-8H;2*1-5H. The van der Waals surface area contributed by atoms with Crippen LogP contribution in [0.3, 0.4) is 0 Å². The summed E-state index contributed by atoms with van der Waals surface area (Å²) in [5.41, 5.74) is 11.5. The molecule has 0 radical (unpaired) electrons. The third kappa shape index (κ3) is 3.75. The number of thiazole rings is 2. The number of aromatic nitrogens is 2. The number of rotatable bonds is 0. The lowest BCUT2D eigenvalue weighted by atomic mass is 9.81. The van der Waals surface area contributed by atoms with E-state index in [0.29, 0.717) is 0 Å². The van der Waals surface area contributed by atoms with Gasteiger partial charge in [-0.25, -0.2) is 9.97 Å². The first-order valence-corrected chi connectivity index (χ1v) is 11.4. The van der Waals surface area contributed by atoms with Crippen LogP contribution in [0.5, 0.6) is 0 Å². The zero-order valence-electron chi connectivity index (χ0n) is 16.1. The molecule has 4 heteroatoms. The third-order valence-corrected chi connectivity index (χ3v) is 6.53. The van der Waals surface area contributed by atoms with Crippen molar-refractivity contribution in [2.45, 2.75) is 0 Å². The minimum absolute atomic E-state index is 1.10. The van der Waals surface area contributed by atoms with E-state index in [2.05, 4.69) is 70.6 Å². The van der Waals surface area contributed by atoms with E-state index >= 15 is 0 Å². The molecule has 144 valence electrons. The van der Waals surface area contributed by atoms with E-state index in [1.165, 1.54) is 31.7 Å². The molecule has 1 aliphatic carbocycles. The largest absolute Gasteiger partial charge is 0.245 e. The Morgan fingerprint density at radius 3 is 1.10 bits per heavy atom. The molecule has 0 fully saturated rings. The monoisotopic (exact) mass is 422 g/mol. The molecule has 0 saturated carbocycles. The Labute approximate surface area is 183 Å². The highest BCUT2D eigenvalue weighted by molar-refractivity contribution is 7.17. The lowest BCUT2D eigenvalue weighted by Gasteiger charge is -2.22. The molecule has 0 amide bonds. The third-order valence-electron chi connectivity index (χ3n) is 4.91. The Morgan fingerprint density at radius 2 is 0.733 bits per heavy atom. The average Bonchev–Trinajstić information content (AvgIpc) is 3.47. The molecule has 0 unspecified atom stereocenters. The van der Waals surface area contributed by atoms with Gasteiger partial charge in [0.15, 0.2) is 0 Å². The van der Waals surface area contributed by atoms with Crippen molar-refractivity contribution in [3.8, 4) is 22.3 Å². The zero-order chi connectivity index (χ0) is 20.2. The van der Waals surface area contributed by atoms with Crippen LogP contribution in [0.25, 0.3) is 42.7 Å². The Bertz CT molecular complexity index is 1190. The number of fused-ring (bicyclic) bond motifs is 6. The Balaban J connectivity index is 0.0000000980. The number of benzene rings is 4. The van der Waals surface area contributed by atoms with Crippen LogP contribution in [0.4, 0.5) is 0 Å². The van der Waals surface area contributed by atoms with E-state index in [4.69, 9.17) is 0 Å². The van der Waals surface area contributed by atoms with Gasteiger partial charge in [0.25, 0.3) is 0 Å². The maximum atomic E-state index is 4.14. The van der Waals surface area contributed by atoms with E-state index in [1.807, 2.05) is 47.4 Å². The van der Waals surface area contributed by atoms with Crippen molar-refractivity contribution in [3.63, 3.8) is 0 Å². The van der Waals surface area contributed by atoms with Gasteiger partial charge in [-0.2, -0.15) is 0 Å². The summed E-state index contributed by atoms with van der Waals surface area (Å²) in [5.74, 6) is 0. The minimum Gasteiger partial charge on any atom is -0.245 e. The van der Waals surface area contributed by atoms with Crippen molar-refractivity contribution >= 4 is 43.1 Å². The Hall–Kier alpha value is -3.34. The van der Waals surface area contributed by atoms with Gasteiger partial charge in [-0.1, -0.05) is 72.8 Å². The molecule has 2 aromatic heterocycles. The van der Waals surface area contributed by atoms with E-state index < -0.39 is 0 Å². The predicted octanol–water partition coefficient (Wildman–Crippen LogP) is 7.93. The molecular formula is C26H18N2S2. The molecule has 0 saturated heterocycles. The van der Waals surface area contributed by atoms with Gasteiger partial charge in [0, 0.05) is 0 Å². The maximum Gasteiger partial charge on any atom is 0.0812 e. The molecule has 2 nitrogen and oxygen atoms in total. The van der Waals surface area contributed by atoms with Gasteiger partial charge in [0.05, 0.1) is 31.5 Å². The summed E-state index contributed by atoms with van der Waals surface area (Å²) in [4.78, 5) is 8.27. The molecule has 0 N–H and O–H groups in total. The lowest BCUT2D eigenvalue weighted by molar-refractivity contribution is 1.50. The fourth-order valence-electron chi connectivity index (χ4n) is 3.45. The average molecular weight is 423 g/mol. The summed E-state index contributed by atoms with van der Waals surface area (Å²) in [5, 5.41) is 0. The van der Waals surface area contributed by atoms with Crippen molar-refractivity contribution in [3.05, 3.63) is 108 Å². The molecule has 6 aromatic rings. The molecule has 0 bridgehead atoms. The van der Waals surface area contributed by atoms with Gasteiger partial charge < -0.3 is 0 Å². The molecule has 1 aliphatic rings. The highest BCUT2D eigenvalue weighted by atomic mass is 32.1. The molecule has 0 spiro atoms. The van der Waals surface area contributed by atoms with E-state index in [1.54, 1.807) is 22.7 Å². The van der Waals surface area contributed by atoms with Crippen molar-refractivity contribution in [1.29, 1.82) is 0 Å². The molecule has 4 aromatic carbocycles. The van der Waals surface area contributed by atoms with Crippen LogP contribution >= 0.6 is 22.7 Å². The van der Waals surface area contributed by atoms with Gasteiger partial charge in [-0.15, -0.1) is 22.7 Å². The van der Waals surface area contributed by atoms with Gasteiger partial charge >= 0.3 is 0 Å². The summed E-state index contributed by atoms with van der Waals surface area (Å²) in [6, 6.07) is 33.3. The van der Waals surface area contributed by atoms with Gasteiger partial charge in [-0.3, -0.25) is 0 Å². The lowest BCUT2D eigenvalue weighted by Crippen LogP contribution is -1.96. The fourth-order valence-corrected chi connectivity index (χ4v) is 4.81. The predicted molar refractivity (Wildman–Crippen MR) is 130 cm³/mol. The Morgan fingerprint density at radius 1 is 0.400 bits per heavy atom. The first-order valence-electron chi connectivity index (χ1n) is 9.65.